The Labute approximate surface area is 222 Å². The molecule has 1 heterocycles. The Kier molecular flexibility index (Phi) is 6.00. The molecule has 0 spiro atoms. The molecular formula is C28H27I2NO2. The molecule has 0 saturated heterocycles. The van der Waals surface area contributed by atoms with Gasteiger partial charge in [0.25, 0.3) is 0 Å². The van der Waals surface area contributed by atoms with Gasteiger partial charge in [0.1, 0.15) is 5.75 Å². The fraction of sp³-hybridized carbons (Fsp3) is 0.321. The van der Waals surface area contributed by atoms with Gasteiger partial charge in [-0.05, 0) is 105 Å². The predicted octanol–water partition coefficient (Wildman–Crippen LogP) is 8.15. The van der Waals surface area contributed by atoms with Crippen LogP contribution < -0.4 is 10.1 Å². The van der Waals surface area contributed by atoms with Crippen molar-refractivity contribution in [3.05, 3.63) is 72.4 Å². The van der Waals surface area contributed by atoms with Crippen LogP contribution in [0.25, 0.3) is 16.3 Å². The van der Waals surface area contributed by atoms with Crippen molar-refractivity contribution >= 4 is 73.0 Å². The topological polar surface area (TPSA) is 38.3 Å². The fourth-order valence-electron chi connectivity index (χ4n) is 5.23. The summed E-state index contributed by atoms with van der Waals surface area (Å²) in [5, 5.41) is 6.17. The number of hydrogen-bond donors (Lipinski definition) is 1. The van der Waals surface area contributed by atoms with Gasteiger partial charge < -0.3 is 10.1 Å². The smallest absolute Gasteiger partial charge is 0.162 e. The van der Waals surface area contributed by atoms with Gasteiger partial charge in [0, 0.05) is 32.4 Å². The first-order chi connectivity index (χ1) is 15.6. The van der Waals surface area contributed by atoms with Crippen molar-refractivity contribution in [2.75, 3.05) is 5.32 Å². The van der Waals surface area contributed by atoms with Crippen LogP contribution in [-0.2, 0) is 4.79 Å². The van der Waals surface area contributed by atoms with Gasteiger partial charge >= 0.3 is 0 Å². The summed E-state index contributed by atoms with van der Waals surface area (Å²) in [4.78, 5) is 13.7. The SMILES string of the molecule is CC(C)Oc1c(I)cc(I)cc1[C@@H]1Nc2ccc3ccccc3c2C2=C1C(=O)CC(C)(C)C2. The lowest BCUT2D eigenvalue weighted by Gasteiger charge is -2.40. The van der Waals surface area contributed by atoms with E-state index in [4.69, 9.17) is 4.74 Å². The number of rotatable bonds is 3. The number of benzene rings is 3. The van der Waals surface area contributed by atoms with E-state index in [2.05, 4.69) is 113 Å². The predicted molar refractivity (Wildman–Crippen MR) is 153 cm³/mol. The van der Waals surface area contributed by atoms with Crippen LogP contribution in [0.15, 0.2) is 54.1 Å². The summed E-state index contributed by atoms with van der Waals surface area (Å²) in [6, 6.07) is 16.9. The highest BCUT2D eigenvalue weighted by Gasteiger charge is 2.41. The van der Waals surface area contributed by atoms with Gasteiger partial charge in [-0.25, -0.2) is 0 Å². The molecule has 33 heavy (non-hydrogen) atoms. The van der Waals surface area contributed by atoms with E-state index in [0.29, 0.717) is 6.42 Å². The van der Waals surface area contributed by atoms with Crippen LogP contribution in [0.1, 0.15) is 57.7 Å². The molecular weight excluding hydrogens is 636 g/mol. The molecule has 170 valence electrons. The number of fused-ring (bicyclic) bond motifs is 4. The molecule has 0 amide bonds. The maximum Gasteiger partial charge on any atom is 0.162 e. The van der Waals surface area contributed by atoms with E-state index in [1.165, 1.54) is 21.9 Å². The largest absolute Gasteiger partial charge is 0.490 e. The van der Waals surface area contributed by atoms with Crippen molar-refractivity contribution in [3.8, 4) is 5.75 Å². The number of carbonyl (C=O) groups is 1. The van der Waals surface area contributed by atoms with Gasteiger partial charge in [-0.2, -0.15) is 0 Å². The molecule has 0 fully saturated rings. The molecule has 0 bridgehead atoms. The first-order valence-corrected chi connectivity index (χ1v) is 13.5. The third kappa shape index (κ3) is 4.20. The lowest BCUT2D eigenvalue weighted by molar-refractivity contribution is -0.118. The van der Waals surface area contributed by atoms with Crippen molar-refractivity contribution in [2.24, 2.45) is 5.41 Å². The normalized spacial score (nSPS) is 19.4. The van der Waals surface area contributed by atoms with Crippen LogP contribution in [0.2, 0.25) is 0 Å². The molecule has 0 saturated carbocycles. The van der Waals surface area contributed by atoms with Gasteiger partial charge in [0.05, 0.1) is 15.7 Å². The molecule has 3 nitrogen and oxygen atoms in total. The van der Waals surface area contributed by atoms with Crippen LogP contribution in [0.5, 0.6) is 5.75 Å². The minimum Gasteiger partial charge on any atom is -0.490 e. The summed E-state index contributed by atoms with van der Waals surface area (Å²) in [5.41, 5.74) is 5.35. The van der Waals surface area contributed by atoms with Gasteiger partial charge in [-0.15, -0.1) is 0 Å². The van der Waals surface area contributed by atoms with Gasteiger partial charge in [0.2, 0.25) is 0 Å². The highest BCUT2D eigenvalue weighted by atomic mass is 127. The molecule has 1 atom stereocenters. The van der Waals surface area contributed by atoms with E-state index in [1.54, 1.807) is 0 Å². The number of anilines is 1. The second-order valence-electron chi connectivity index (χ2n) is 10.1. The van der Waals surface area contributed by atoms with Crippen LogP contribution in [0, 0.1) is 12.6 Å². The van der Waals surface area contributed by atoms with Crippen LogP contribution in [0.3, 0.4) is 0 Å². The standard InChI is InChI=1S/C28H27I2NO2/c1-15(2)33-27-19(11-17(29)12-21(27)30)26-25-20(13-28(3,4)14-23(25)32)24-18-8-6-5-7-16(18)9-10-22(24)31-26/h5-12,15,26,31H,13-14H2,1-4H3/t26-/m0/s1. The molecule has 0 unspecified atom stereocenters. The summed E-state index contributed by atoms with van der Waals surface area (Å²) in [6.45, 7) is 8.51. The van der Waals surface area contributed by atoms with E-state index in [-0.39, 0.29) is 23.3 Å². The highest BCUT2D eigenvalue weighted by Crippen LogP contribution is 2.53. The van der Waals surface area contributed by atoms with E-state index in [1.807, 2.05) is 13.8 Å². The Bertz CT molecular complexity index is 1320. The molecule has 3 aromatic carbocycles. The molecule has 1 aliphatic heterocycles. The molecule has 5 heteroatoms. The number of hydrogen-bond acceptors (Lipinski definition) is 3. The van der Waals surface area contributed by atoms with Gasteiger partial charge in [-0.1, -0.05) is 44.2 Å². The van der Waals surface area contributed by atoms with E-state index in [9.17, 15) is 4.79 Å². The number of halogens is 2. The minimum atomic E-state index is -0.228. The van der Waals surface area contributed by atoms with Crippen molar-refractivity contribution < 1.29 is 9.53 Å². The zero-order chi connectivity index (χ0) is 23.5. The first-order valence-electron chi connectivity index (χ1n) is 11.3. The van der Waals surface area contributed by atoms with Crippen LogP contribution in [0.4, 0.5) is 5.69 Å². The minimum absolute atomic E-state index is 0.0478. The Hall–Kier alpha value is -1.61. The third-order valence-corrected chi connectivity index (χ3v) is 7.87. The Morgan fingerprint density at radius 3 is 2.58 bits per heavy atom. The summed E-state index contributed by atoms with van der Waals surface area (Å²) in [5.74, 6) is 1.11. The van der Waals surface area contributed by atoms with E-state index < -0.39 is 0 Å². The zero-order valence-corrected chi connectivity index (χ0v) is 23.6. The molecule has 1 aliphatic carbocycles. The lowest BCUT2D eigenvalue weighted by Crippen LogP contribution is -2.33. The summed E-state index contributed by atoms with van der Waals surface area (Å²) in [7, 11) is 0. The van der Waals surface area contributed by atoms with Crippen LogP contribution in [-0.4, -0.2) is 11.9 Å². The Morgan fingerprint density at radius 2 is 1.82 bits per heavy atom. The number of carbonyl (C=O) groups excluding carboxylic acids is 1. The molecule has 5 rings (SSSR count). The average molecular weight is 663 g/mol. The van der Waals surface area contributed by atoms with Crippen molar-refractivity contribution in [1.29, 1.82) is 0 Å². The molecule has 2 aliphatic rings. The summed E-state index contributed by atoms with van der Waals surface area (Å²) < 4.78 is 8.52. The quantitative estimate of drug-likeness (QED) is 0.288. The van der Waals surface area contributed by atoms with E-state index >= 15 is 0 Å². The Morgan fingerprint density at radius 1 is 1.06 bits per heavy atom. The average Bonchev–Trinajstić information content (AvgIpc) is 2.73. The van der Waals surface area contributed by atoms with Crippen LogP contribution >= 0.6 is 45.2 Å². The molecule has 0 radical (unpaired) electrons. The zero-order valence-electron chi connectivity index (χ0n) is 19.3. The molecule has 3 aromatic rings. The first kappa shape index (κ1) is 23.1. The van der Waals surface area contributed by atoms with Crippen molar-refractivity contribution in [1.82, 2.24) is 0 Å². The maximum atomic E-state index is 13.7. The molecule has 1 N–H and O–H groups in total. The summed E-state index contributed by atoms with van der Waals surface area (Å²) >= 11 is 4.71. The molecule has 0 aromatic heterocycles. The number of Topliss-reactive ketones (excluding diaryl/α,β-unsaturated/α-hetero) is 1. The number of ether oxygens (including phenoxy) is 1. The number of nitrogens with one attached hydrogen (secondary N) is 1. The third-order valence-electron chi connectivity index (χ3n) is 6.44. The maximum absolute atomic E-state index is 13.7. The lowest BCUT2D eigenvalue weighted by atomic mass is 9.68. The Balaban J connectivity index is 1.80. The highest BCUT2D eigenvalue weighted by molar-refractivity contribution is 14.1. The van der Waals surface area contributed by atoms with E-state index in [0.717, 1.165) is 36.1 Å². The second-order valence-corrected chi connectivity index (χ2v) is 12.5. The monoisotopic (exact) mass is 663 g/mol. The fourth-order valence-corrected chi connectivity index (χ4v) is 7.24. The second kappa shape index (κ2) is 8.56. The van der Waals surface area contributed by atoms with Gasteiger partial charge in [0.15, 0.2) is 5.78 Å². The van der Waals surface area contributed by atoms with Gasteiger partial charge in [-0.3, -0.25) is 4.79 Å². The summed E-state index contributed by atoms with van der Waals surface area (Å²) in [6.07, 6.45) is 1.49. The number of ketones is 1. The van der Waals surface area contributed by atoms with Crippen molar-refractivity contribution in [3.63, 3.8) is 0 Å². The van der Waals surface area contributed by atoms with Crippen molar-refractivity contribution in [2.45, 2.75) is 52.7 Å². The number of allylic oxidation sites excluding steroid dienone is 1.